The Morgan fingerprint density at radius 3 is 2.77 bits per heavy atom. The van der Waals surface area contributed by atoms with Gasteiger partial charge >= 0.3 is 0 Å². The minimum absolute atomic E-state index is 0.220. The summed E-state index contributed by atoms with van der Waals surface area (Å²) in [6.45, 7) is 2.02. The number of fused-ring (bicyclic) bond motifs is 1. The second-order valence-electron chi connectivity index (χ2n) is 5.34. The molecule has 0 saturated carbocycles. The lowest BCUT2D eigenvalue weighted by Gasteiger charge is -2.21. The van der Waals surface area contributed by atoms with Gasteiger partial charge in [-0.3, -0.25) is 9.78 Å². The van der Waals surface area contributed by atoms with Crippen LogP contribution in [0.25, 0.3) is 0 Å². The molecule has 0 spiro atoms. The monoisotopic (exact) mass is 295 g/mol. The molecule has 112 valence electrons. The first-order valence-electron chi connectivity index (χ1n) is 7.25. The molecule has 1 amide bonds. The molecule has 5 heteroatoms. The lowest BCUT2D eigenvalue weighted by atomic mass is 9.86. The maximum atomic E-state index is 12.0. The number of aromatic hydroxyl groups is 1. The van der Waals surface area contributed by atoms with E-state index >= 15 is 0 Å². The Kier molecular flexibility index (Phi) is 3.87. The lowest BCUT2D eigenvalue weighted by molar-refractivity contribution is 0.0954. The third-order valence-corrected chi connectivity index (χ3v) is 3.89. The highest BCUT2D eigenvalue weighted by molar-refractivity contribution is 6.06. The van der Waals surface area contributed by atoms with Crippen LogP contribution in [0.1, 0.15) is 39.9 Å². The Balaban J connectivity index is 1.88. The summed E-state index contributed by atoms with van der Waals surface area (Å²) in [5.41, 5.74) is 6.82. The Bertz CT molecular complexity index is 739. The molecule has 0 radical (unpaired) electrons. The van der Waals surface area contributed by atoms with Gasteiger partial charge in [-0.15, -0.1) is 0 Å². The minimum Gasteiger partial charge on any atom is -0.507 e. The van der Waals surface area contributed by atoms with E-state index in [2.05, 4.69) is 15.5 Å². The SMILES string of the molecule is Cc1ccc(O)c2c1CCC/C2=N\NC(=O)c1ccncc1. The molecule has 0 fully saturated rings. The second-order valence-corrected chi connectivity index (χ2v) is 5.34. The van der Waals surface area contributed by atoms with Gasteiger partial charge < -0.3 is 5.11 Å². The largest absolute Gasteiger partial charge is 0.507 e. The van der Waals surface area contributed by atoms with Crippen LogP contribution in [0.5, 0.6) is 5.75 Å². The Hall–Kier alpha value is -2.69. The number of benzene rings is 1. The van der Waals surface area contributed by atoms with Crippen molar-refractivity contribution in [3.63, 3.8) is 0 Å². The molecule has 0 saturated heterocycles. The molecule has 0 unspecified atom stereocenters. The number of hydrazone groups is 1. The summed E-state index contributed by atoms with van der Waals surface area (Å²) in [5, 5.41) is 14.4. The van der Waals surface area contributed by atoms with Gasteiger partial charge in [0.2, 0.25) is 0 Å². The zero-order valence-electron chi connectivity index (χ0n) is 12.3. The standard InChI is InChI=1S/C17H17N3O2/c1-11-5-6-15(21)16-13(11)3-2-4-14(16)19-20-17(22)12-7-9-18-10-8-12/h5-10,21H,2-4H2,1H3,(H,20,22)/b19-14+. The molecule has 1 aromatic carbocycles. The summed E-state index contributed by atoms with van der Waals surface area (Å²) in [4.78, 5) is 15.9. The van der Waals surface area contributed by atoms with Crippen molar-refractivity contribution in [2.24, 2.45) is 5.10 Å². The molecule has 0 aliphatic heterocycles. The topological polar surface area (TPSA) is 74.6 Å². The van der Waals surface area contributed by atoms with Gasteiger partial charge in [0.25, 0.3) is 5.91 Å². The van der Waals surface area contributed by atoms with Crippen molar-refractivity contribution in [1.29, 1.82) is 0 Å². The van der Waals surface area contributed by atoms with Crippen molar-refractivity contribution in [2.45, 2.75) is 26.2 Å². The van der Waals surface area contributed by atoms with Crippen LogP contribution in [0.2, 0.25) is 0 Å². The van der Waals surface area contributed by atoms with Crippen LogP contribution in [0.3, 0.4) is 0 Å². The number of hydrogen-bond acceptors (Lipinski definition) is 4. The predicted octanol–water partition coefficient (Wildman–Crippen LogP) is 2.57. The molecule has 22 heavy (non-hydrogen) atoms. The van der Waals surface area contributed by atoms with Crippen LogP contribution >= 0.6 is 0 Å². The number of pyridine rings is 1. The van der Waals surface area contributed by atoms with Crippen LogP contribution in [-0.2, 0) is 6.42 Å². The van der Waals surface area contributed by atoms with E-state index in [0.29, 0.717) is 5.56 Å². The van der Waals surface area contributed by atoms with E-state index < -0.39 is 0 Å². The molecule has 0 atom stereocenters. The molecule has 2 N–H and O–H groups in total. The second kappa shape index (κ2) is 5.97. The number of aryl methyl sites for hydroxylation is 1. The summed E-state index contributed by atoms with van der Waals surface area (Å²) in [6, 6.07) is 6.85. The van der Waals surface area contributed by atoms with Crippen LogP contribution in [0, 0.1) is 6.92 Å². The van der Waals surface area contributed by atoms with Crippen LogP contribution in [0.15, 0.2) is 41.8 Å². The van der Waals surface area contributed by atoms with Gasteiger partial charge in [0.05, 0.1) is 5.71 Å². The molecule has 3 rings (SSSR count). The average Bonchev–Trinajstić information content (AvgIpc) is 2.56. The van der Waals surface area contributed by atoms with Gasteiger partial charge in [-0.2, -0.15) is 5.10 Å². The van der Waals surface area contributed by atoms with Gasteiger partial charge in [0, 0.05) is 23.5 Å². The van der Waals surface area contributed by atoms with E-state index in [1.165, 1.54) is 0 Å². The van der Waals surface area contributed by atoms with Crippen LogP contribution in [-0.4, -0.2) is 21.7 Å². The maximum Gasteiger partial charge on any atom is 0.271 e. The maximum absolute atomic E-state index is 12.0. The van der Waals surface area contributed by atoms with Crippen molar-refractivity contribution < 1.29 is 9.90 Å². The number of nitrogens with zero attached hydrogens (tertiary/aromatic N) is 2. The Morgan fingerprint density at radius 1 is 1.23 bits per heavy atom. The van der Waals surface area contributed by atoms with E-state index in [4.69, 9.17) is 0 Å². The van der Waals surface area contributed by atoms with Crippen molar-refractivity contribution in [1.82, 2.24) is 10.4 Å². The fourth-order valence-corrected chi connectivity index (χ4v) is 2.74. The third kappa shape index (κ3) is 2.70. The quantitative estimate of drug-likeness (QED) is 0.836. The van der Waals surface area contributed by atoms with E-state index in [1.54, 1.807) is 30.6 Å². The number of amides is 1. The van der Waals surface area contributed by atoms with Crippen molar-refractivity contribution in [2.75, 3.05) is 0 Å². The smallest absolute Gasteiger partial charge is 0.271 e. The summed E-state index contributed by atoms with van der Waals surface area (Å²) >= 11 is 0. The van der Waals surface area contributed by atoms with Gasteiger partial charge in [-0.05, 0) is 55.5 Å². The predicted molar refractivity (Wildman–Crippen MR) is 84.0 cm³/mol. The zero-order chi connectivity index (χ0) is 15.5. The van der Waals surface area contributed by atoms with E-state index in [1.807, 2.05) is 13.0 Å². The Labute approximate surface area is 128 Å². The van der Waals surface area contributed by atoms with Gasteiger partial charge in [-0.25, -0.2) is 5.43 Å². The van der Waals surface area contributed by atoms with Crippen molar-refractivity contribution in [3.05, 3.63) is 58.9 Å². The number of nitrogens with one attached hydrogen (secondary N) is 1. The van der Waals surface area contributed by atoms with Gasteiger partial charge in [-0.1, -0.05) is 6.07 Å². The van der Waals surface area contributed by atoms with Gasteiger partial charge in [0.1, 0.15) is 5.75 Å². The number of rotatable bonds is 2. The first kappa shape index (κ1) is 14.3. The molecule has 1 aliphatic rings. The summed E-state index contributed by atoms with van der Waals surface area (Å²) in [5.74, 6) is -0.0635. The normalized spacial score (nSPS) is 15.4. The van der Waals surface area contributed by atoms with Crippen LogP contribution in [0.4, 0.5) is 0 Å². The summed E-state index contributed by atoms with van der Waals surface area (Å²) in [7, 11) is 0. The van der Waals surface area contributed by atoms with Crippen molar-refractivity contribution >= 4 is 11.6 Å². The zero-order valence-corrected chi connectivity index (χ0v) is 12.3. The van der Waals surface area contributed by atoms with E-state index in [9.17, 15) is 9.90 Å². The Morgan fingerprint density at radius 2 is 2.00 bits per heavy atom. The van der Waals surface area contributed by atoms with Gasteiger partial charge in [0.15, 0.2) is 0 Å². The van der Waals surface area contributed by atoms with E-state index in [-0.39, 0.29) is 11.7 Å². The number of hydrogen-bond donors (Lipinski definition) is 2. The summed E-state index contributed by atoms with van der Waals surface area (Å²) in [6.07, 6.45) is 5.75. The highest BCUT2D eigenvalue weighted by Crippen LogP contribution is 2.31. The van der Waals surface area contributed by atoms with E-state index in [0.717, 1.165) is 41.7 Å². The molecule has 1 aliphatic carbocycles. The molecule has 1 heterocycles. The molecule has 0 bridgehead atoms. The number of phenols is 1. The number of phenolic OH excluding ortho intramolecular Hbond substituents is 1. The highest BCUT2D eigenvalue weighted by Gasteiger charge is 2.21. The fraction of sp³-hybridized carbons (Fsp3) is 0.235. The third-order valence-electron chi connectivity index (χ3n) is 3.89. The molecular formula is C17H17N3O2. The lowest BCUT2D eigenvalue weighted by Crippen LogP contribution is -2.22. The molecular weight excluding hydrogens is 278 g/mol. The minimum atomic E-state index is -0.283. The first-order chi connectivity index (χ1) is 10.7. The number of carbonyl (C=O) groups is 1. The first-order valence-corrected chi connectivity index (χ1v) is 7.25. The van der Waals surface area contributed by atoms with Crippen molar-refractivity contribution in [3.8, 4) is 5.75 Å². The molecule has 1 aromatic heterocycles. The highest BCUT2D eigenvalue weighted by atomic mass is 16.3. The average molecular weight is 295 g/mol. The number of carbonyl (C=O) groups excluding carboxylic acids is 1. The summed E-state index contributed by atoms with van der Waals surface area (Å²) < 4.78 is 0. The molecule has 5 nitrogen and oxygen atoms in total. The fourth-order valence-electron chi connectivity index (χ4n) is 2.74. The molecule has 2 aromatic rings. The van der Waals surface area contributed by atoms with Crippen LogP contribution < -0.4 is 5.43 Å². The number of aromatic nitrogens is 1.